The summed E-state index contributed by atoms with van der Waals surface area (Å²) < 4.78 is 10.0. The Hall–Kier alpha value is -2.27. The maximum Gasteiger partial charge on any atom is 0.310 e. The number of halogens is 1. The summed E-state index contributed by atoms with van der Waals surface area (Å²) in [6, 6.07) is 10.3. The molecule has 23 heavy (non-hydrogen) atoms. The van der Waals surface area contributed by atoms with Gasteiger partial charge in [0, 0.05) is 6.54 Å². The highest BCUT2D eigenvalue weighted by atomic mass is 35.5. The van der Waals surface area contributed by atoms with E-state index in [0.717, 1.165) is 0 Å². The fourth-order valence-corrected chi connectivity index (χ4v) is 2.44. The highest BCUT2D eigenvalue weighted by Crippen LogP contribution is 2.19. The highest BCUT2D eigenvalue weighted by molar-refractivity contribution is 6.33. The zero-order valence-electron chi connectivity index (χ0n) is 13.0. The first-order valence-electron chi connectivity index (χ1n) is 7.17. The summed E-state index contributed by atoms with van der Waals surface area (Å²) in [5.41, 5.74) is 0.387. The van der Waals surface area contributed by atoms with Crippen molar-refractivity contribution in [1.29, 1.82) is 0 Å². The molecule has 0 spiro atoms. The maximum atomic E-state index is 12.8. The number of carbonyl (C=O) groups is 2. The van der Waals surface area contributed by atoms with Crippen molar-refractivity contribution >= 4 is 23.5 Å². The standard InChI is InChI=1S/C17H18ClNO4/c1-12(17(21)22-2)10-19(11-13-6-5-9-23-13)16(20)14-7-3-4-8-15(14)18/h3-9,12H,10-11H2,1-2H3. The second kappa shape index (κ2) is 7.83. The zero-order chi connectivity index (χ0) is 16.8. The summed E-state index contributed by atoms with van der Waals surface area (Å²) >= 11 is 6.11. The average Bonchev–Trinajstić information content (AvgIpc) is 3.06. The van der Waals surface area contributed by atoms with Crippen LogP contribution < -0.4 is 0 Å². The fourth-order valence-electron chi connectivity index (χ4n) is 2.22. The van der Waals surface area contributed by atoms with Gasteiger partial charge in [-0.05, 0) is 24.3 Å². The summed E-state index contributed by atoms with van der Waals surface area (Å²) in [7, 11) is 1.32. The van der Waals surface area contributed by atoms with E-state index in [1.165, 1.54) is 18.3 Å². The molecule has 0 saturated heterocycles. The van der Waals surface area contributed by atoms with Gasteiger partial charge in [0.05, 0.1) is 36.4 Å². The van der Waals surface area contributed by atoms with Gasteiger partial charge in [0.15, 0.2) is 0 Å². The third kappa shape index (κ3) is 4.36. The SMILES string of the molecule is COC(=O)C(C)CN(Cc1ccco1)C(=O)c1ccccc1Cl. The summed E-state index contributed by atoms with van der Waals surface area (Å²) in [4.78, 5) is 26.0. The van der Waals surface area contributed by atoms with Crippen molar-refractivity contribution in [2.24, 2.45) is 5.92 Å². The maximum absolute atomic E-state index is 12.8. The first kappa shape index (κ1) is 17.1. The fraction of sp³-hybridized carbons (Fsp3) is 0.294. The zero-order valence-corrected chi connectivity index (χ0v) is 13.7. The average molecular weight is 336 g/mol. The van der Waals surface area contributed by atoms with Crippen LogP contribution >= 0.6 is 11.6 Å². The molecule has 5 nitrogen and oxygen atoms in total. The molecular formula is C17H18ClNO4. The van der Waals surface area contributed by atoms with E-state index >= 15 is 0 Å². The van der Waals surface area contributed by atoms with E-state index in [4.69, 9.17) is 20.8 Å². The Kier molecular flexibility index (Phi) is 5.82. The van der Waals surface area contributed by atoms with Crippen molar-refractivity contribution in [2.75, 3.05) is 13.7 Å². The monoisotopic (exact) mass is 335 g/mol. The molecular weight excluding hydrogens is 318 g/mol. The van der Waals surface area contributed by atoms with E-state index in [9.17, 15) is 9.59 Å². The minimum absolute atomic E-state index is 0.206. The smallest absolute Gasteiger partial charge is 0.310 e. The van der Waals surface area contributed by atoms with Gasteiger partial charge in [-0.2, -0.15) is 0 Å². The van der Waals surface area contributed by atoms with E-state index in [0.29, 0.717) is 16.3 Å². The van der Waals surface area contributed by atoms with Crippen molar-refractivity contribution in [2.45, 2.75) is 13.5 Å². The van der Waals surface area contributed by atoms with Crippen LogP contribution in [0.2, 0.25) is 5.02 Å². The molecule has 1 aromatic carbocycles. The van der Waals surface area contributed by atoms with Crippen molar-refractivity contribution in [3.63, 3.8) is 0 Å². The summed E-state index contributed by atoms with van der Waals surface area (Å²) in [5, 5.41) is 0.368. The van der Waals surface area contributed by atoms with Crippen LogP contribution in [0.15, 0.2) is 47.1 Å². The molecule has 1 atom stereocenters. The van der Waals surface area contributed by atoms with Gasteiger partial charge in [-0.1, -0.05) is 30.7 Å². The number of methoxy groups -OCH3 is 1. The Labute approximate surface area is 139 Å². The van der Waals surface area contributed by atoms with Gasteiger partial charge >= 0.3 is 5.97 Å². The second-order valence-electron chi connectivity index (χ2n) is 5.17. The van der Waals surface area contributed by atoms with E-state index in [1.54, 1.807) is 43.3 Å². The van der Waals surface area contributed by atoms with Crippen LogP contribution in [0.5, 0.6) is 0 Å². The molecule has 1 unspecified atom stereocenters. The summed E-state index contributed by atoms with van der Waals surface area (Å²) in [6.07, 6.45) is 1.54. The Bertz CT molecular complexity index is 669. The Morgan fingerprint density at radius 3 is 2.61 bits per heavy atom. The van der Waals surface area contributed by atoms with Crippen LogP contribution in [-0.2, 0) is 16.1 Å². The lowest BCUT2D eigenvalue weighted by Gasteiger charge is -2.24. The molecule has 1 aromatic heterocycles. The number of hydrogen-bond acceptors (Lipinski definition) is 4. The van der Waals surface area contributed by atoms with Gasteiger partial charge in [-0.15, -0.1) is 0 Å². The first-order chi connectivity index (χ1) is 11.0. The van der Waals surface area contributed by atoms with Gasteiger partial charge in [0.1, 0.15) is 5.76 Å². The lowest BCUT2D eigenvalue weighted by atomic mass is 10.1. The highest BCUT2D eigenvalue weighted by Gasteiger charge is 2.24. The van der Waals surface area contributed by atoms with Gasteiger partial charge in [-0.25, -0.2) is 0 Å². The Balaban J connectivity index is 2.23. The van der Waals surface area contributed by atoms with E-state index in [1.807, 2.05) is 0 Å². The molecule has 6 heteroatoms. The molecule has 0 N–H and O–H groups in total. The predicted molar refractivity (Wildman–Crippen MR) is 86.1 cm³/mol. The lowest BCUT2D eigenvalue weighted by molar-refractivity contribution is -0.145. The summed E-state index contributed by atoms with van der Waals surface area (Å²) in [5.74, 6) is -0.465. The van der Waals surface area contributed by atoms with E-state index in [2.05, 4.69) is 0 Å². The van der Waals surface area contributed by atoms with E-state index < -0.39 is 5.92 Å². The number of furan rings is 1. The molecule has 1 heterocycles. The van der Waals surface area contributed by atoms with Gasteiger partial charge in [0.25, 0.3) is 5.91 Å². The van der Waals surface area contributed by atoms with Crippen LogP contribution in [-0.4, -0.2) is 30.4 Å². The predicted octanol–water partition coefficient (Wildman–Crippen LogP) is 3.38. The number of carbonyl (C=O) groups excluding carboxylic acids is 2. The number of esters is 1. The molecule has 1 amide bonds. The molecule has 0 aliphatic carbocycles. The quantitative estimate of drug-likeness (QED) is 0.759. The molecule has 0 aliphatic heterocycles. The molecule has 2 aromatic rings. The van der Waals surface area contributed by atoms with Gasteiger partial charge in [-0.3, -0.25) is 9.59 Å². The minimum Gasteiger partial charge on any atom is -0.469 e. The molecule has 122 valence electrons. The molecule has 2 rings (SSSR count). The molecule has 0 bridgehead atoms. The van der Waals surface area contributed by atoms with Crippen molar-refractivity contribution < 1.29 is 18.7 Å². The van der Waals surface area contributed by atoms with Crippen molar-refractivity contribution in [3.05, 3.63) is 59.0 Å². The van der Waals surface area contributed by atoms with Gasteiger partial charge in [0.2, 0.25) is 0 Å². The topological polar surface area (TPSA) is 59.8 Å². The Morgan fingerprint density at radius 1 is 1.26 bits per heavy atom. The first-order valence-corrected chi connectivity index (χ1v) is 7.54. The van der Waals surface area contributed by atoms with E-state index in [-0.39, 0.29) is 25.0 Å². The molecule has 0 radical (unpaired) electrons. The van der Waals surface area contributed by atoms with Crippen LogP contribution in [0.1, 0.15) is 23.0 Å². The normalized spacial score (nSPS) is 11.8. The number of ether oxygens (including phenoxy) is 1. The second-order valence-corrected chi connectivity index (χ2v) is 5.58. The molecule has 0 fully saturated rings. The number of benzene rings is 1. The molecule has 0 saturated carbocycles. The lowest BCUT2D eigenvalue weighted by Crippen LogP contribution is -2.37. The van der Waals surface area contributed by atoms with Crippen molar-refractivity contribution in [3.8, 4) is 0 Å². The largest absolute Gasteiger partial charge is 0.469 e. The number of hydrogen-bond donors (Lipinski definition) is 0. The minimum atomic E-state index is -0.457. The summed E-state index contributed by atoms with van der Waals surface area (Å²) in [6.45, 7) is 2.16. The number of nitrogens with zero attached hydrogens (tertiary/aromatic N) is 1. The Morgan fingerprint density at radius 2 is 2.00 bits per heavy atom. The van der Waals surface area contributed by atoms with Crippen LogP contribution in [0, 0.1) is 5.92 Å². The van der Waals surface area contributed by atoms with Crippen molar-refractivity contribution in [1.82, 2.24) is 4.90 Å². The van der Waals surface area contributed by atoms with Crippen LogP contribution in [0.4, 0.5) is 0 Å². The van der Waals surface area contributed by atoms with Gasteiger partial charge < -0.3 is 14.1 Å². The van der Waals surface area contributed by atoms with Crippen LogP contribution in [0.25, 0.3) is 0 Å². The third-order valence-corrected chi connectivity index (χ3v) is 3.75. The molecule has 0 aliphatic rings. The number of amides is 1. The third-order valence-electron chi connectivity index (χ3n) is 3.42. The number of rotatable bonds is 6. The van der Waals surface area contributed by atoms with Crippen LogP contribution in [0.3, 0.4) is 0 Å².